The third-order valence-corrected chi connectivity index (χ3v) is 6.26. The molecule has 3 aromatic heterocycles. The van der Waals surface area contributed by atoms with E-state index in [0.717, 1.165) is 74.1 Å². The van der Waals surface area contributed by atoms with Crippen molar-refractivity contribution in [2.75, 3.05) is 13.1 Å². The van der Waals surface area contributed by atoms with Gasteiger partial charge in [-0.25, -0.2) is 4.98 Å². The third kappa shape index (κ3) is 3.68. The van der Waals surface area contributed by atoms with E-state index in [-0.39, 0.29) is 5.41 Å². The number of aryl methyl sites for hydroxylation is 2. The highest BCUT2D eigenvalue weighted by Gasteiger charge is 2.27. The molecular weight excluding hydrogens is 364 g/mol. The summed E-state index contributed by atoms with van der Waals surface area (Å²) < 4.78 is 7.98. The van der Waals surface area contributed by atoms with Crippen molar-refractivity contribution in [1.82, 2.24) is 29.7 Å². The van der Waals surface area contributed by atoms with Crippen LogP contribution in [0.3, 0.4) is 0 Å². The largest absolute Gasteiger partial charge is 0.444 e. The van der Waals surface area contributed by atoms with E-state index in [1.165, 1.54) is 18.5 Å². The van der Waals surface area contributed by atoms with Gasteiger partial charge in [0, 0.05) is 17.8 Å². The van der Waals surface area contributed by atoms with Gasteiger partial charge in [-0.1, -0.05) is 20.8 Å². The smallest absolute Gasteiger partial charge is 0.208 e. The van der Waals surface area contributed by atoms with Gasteiger partial charge in [-0.15, -0.1) is 10.2 Å². The van der Waals surface area contributed by atoms with Gasteiger partial charge < -0.3 is 4.42 Å². The van der Waals surface area contributed by atoms with E-state index in [1.807, 2.05) is 10.6 Å². The molecule has 1 aliphatic heterocycles. The molecule has 2 aliphatic rings. The summed E-state index contributed by atoms with van der Waals surface area (Å²) in [6.07, 6.45) is 6.70. The van der Waals surface area contributed by atoms with Gasteiger partial charge in [-0.3, -0.25) is 4.90 Å². The molecule has 4 heterocycles. The minimum atomic E-state index is 0.00823. The molecule has 0 radical (unpaired) electrons. The fourth-order valence-corrected chi connectivity index (χ4v) is 4.47. The van der Waals surface area contributed by atoms with Crippen LogP contribution in [0.5, 0.6) is 0 Å². The molecule has 0 unspecified atom stereocenters. The molecule has 1 fully saturated rings. The zero-order valence-corrected chi connectivity index (χ0v) is 17.7. The van der Waals surface area contributed by atoms with Crippen LogP contribution < -0.4 is 0 Å². The minimum Gasteiger partial charge on any atom is -0.444 e. The monoisotopic (exact) mass is 394 g/mol. The van der Waals surface area contributed by atoms with Crippen molar-refractivity contribution in [3.63, 3.8) is 0 Å². The minimum absolute atomic E-state index is 0.00823. The highest BCUT2D eigenvalue weighted by molar-refractivity contribution is 5.37. The van der Waals surface area contributed by atoms with Crippen LogP contribution in [0.2, 0.25) is 0 Å². The third-order valence-electron chi connectivity index (χ3n) is 6.26. The van der Waals surface area contributed by atoms with Gasteiger partial charge in [0.05, 0.1) is 17.9 Å². The van der Waals surface area contributed by atoms with Crippen molar-refractivity contribution >= 4 is 5.65 Å². The van der Waals surface area contributed by atoms with Gasteiger partial charge >= 0.3 is 0 Å². The van der Waals surface area contributed by atoms with Crippen molar-refractivity contribution < 1.29 is 4.42 Å². The number of nitrogens with zero attached hydrogens (tertiary/aromatic N) is 6. The van der Waals surface area contributed by atoms with Crippen LogP contribution in [0.1, 0.15) is 81.2 Å². The lowest BCUT2D eigenvalue weighted by atomic mass is 9.92. The number of fused-ring (bicyclic) bond motifs is 2. The van der Waals surface area contributed by atoms with Gasteiger partial charge in [-0.2, -0.15) is 9.61 Å². The second-order valence-electron chi connectivity index (χ2n) is 9.53. The molecule has 1 saturated heterocycles. The Morgan fingerprint density at radius 2 is 1.86 bits per heavy atom. The van der Waals surface area contributed by atoms with Crippen LogP contribution in [0, 0.1) is 0 Å². The number of hydrogen-bond donors (Lipinski definition) is 0. The molecule has 7 heteroatoms. The molecule has 0 spiro atoms. The Balaban J connectivity index is 1.27. The molecule has 3 aromatic rings. The summed E-state index contributed by atoms with van der Waals surface area (Å²) in [6.45, 7) is 9.41. The molecule has 5 rings (SSSR count). The summed E-state index contributed by atoms with van der Waals surface area (Å²) >= 11 is 0. The summed E-state index contributed by atoms with van der Waals surface area (Å²) in [5.41, 5.74) is 3.10. The maximum Gasteiger partial charge on any atom is 0.208 e. The van der Waals surface area contributed by atoms with Crippen LogP contribution in [0.4, 0.5) is 0 Å². The van der Waals surface area contributed by atoms with Gasteiger partial charge in [-0.05, 0) is 57.3 Å². The molecular formula is C22H30N6O. The normalized spacial score (nSPS) is 19.0. The first-order valence-corrected chi connectivity index (χ1v) is 10.9. The second-order valence-corrected chi connectivity index (χ2v) is 9.53. The molecule has 0 saturated carbocycles. The molecule has 1 aliphatic carbocycles. The first-order valence-electron chi connectivity index (χ1n) is 10.9. The number of piperidine rings is 1. The summed E-state index contributed by atoms with van der Waals surface area (Å²) in [5.74, 6) is 3.40. The molecule has 0 atom stereocenters. The number of oxazole rings is 1. The highest BCUT2D eigenvalue weighted by atomic mass is 16.4. The zero-order chi connectivity index (χ0) is 20.0. The van der Waals surface area contributed by atoms with E-state index in [1.54, 1.807) is 0 Å². The molecule has 0 N–H and O–H groups in total. The molecule has 0 aromatic carbocycles. The van der Waals surface area contributed by atoms with E-state index in [2.05, 4.69) is 41.9 Å². The van der Waals surface area contributed by atoms with Crippen LogP contribution in [0.25, 0.3) is 5.65 Å². The SMILES string of the molecule is CC(C)(C)c1ccc2nnc(C3CCN(Cc4nc5c(o4)CCCC5)CC3)n2n1. The number of rotatable bonds is 3. The van der Waals surface area contributed by atoms with Crippen LogP contribution in [-0.4, -0.2) is 42.8 Å². The van der Waals surface area contributed by atoms with E-state index >= 15 is 0 Å². The number of aromatic nitrogens is 5. The topological polar surface area (TPSA) is 72.4 Å². The fraction of sp³-hybridized carbons (Fsp3) is 0.636. The first-order chi connectivity index (χ1) is 14.0. The molecule has 29 heavy (non-hydrogen) atoms. The average Bonchev–Trinajstić information content (AvgIpc) is 3.31. The van der Waals surface area contributed by atoms with Crippen LogP contribution in [-0.2, 0) is 24.8 Å². The fourth-order valence-electron chi connectivity index (χ4n) is 4.47. The van der Waals surface area contributed by atoms with E-state index < -0.39 is 0 Å². The lowest BCUT2D eigenvalue weighted by Gasteiger charge is -2.30. The Bertz CT molecular complexity index is 983. The molecule has 7 nitrogen and oxygen atoms in total. The zero-order valence-electron chi connectivity index (χ0n) is 17.7. The molecule has 154 valence electrons. The maximum atomic E-state index is 6.02. The number of likely N-dealkylation sites (tertiary alicyclic amines) is 1. The van der Waals surface area contributed by atoms with E-state index in [0.29, 0.717) is 5.92 Å². The van der Waals surface area contributed by atoms with Crippen molar-refractivity contribution in [2.45, 2.75) is 77.2 Å². The molecule has 0 amide bonds. The summed E-state index contributed by atoms with van der Waals surface area (Å²) in [7, 11) is 0. The summed E-state index contributed by atoms with van der Waals surface area (Å²) in [6, 6.07) is 4.09. The lowest BCUT2D eigenvalue weighted by molar-refractivity contribution is 0.183. The summed E-state index contributed by atoms with van der Waals surface area (Å²) in [5, 5.41) is 13.7. The Morgan fingerprint density at radius 3 is 2.62 bits per heavy atom. The molecule has 0 bridgehead atoms. The van der Waals surface area contributed by atoms with Gasteiger partial charge in [0.25, 0.3) is 0 Å². The second kappa shape index (κ2) is 7.20. The van der Waals surface area contributed by atoms with Gasteiger partial charge in [0.1, 0.15) is 5.76 Å². The highest BCUT2D eigenvalue weighted by Crippen LogP contribution is 2.29. The van der Waals surface area contributed by atoms with Crippen molar-refractivity contribution in [3.8, 4) is 0 Å². The van der Waals surface area contributed by atoms with E-state index in [9.17, 15) is 0 Å². The summed E-state index contributed by atoms with van der Waals surface area (Å²) in [4.78, 5) is 7.19. The van der Waals surface area contributed by atoms with Crippen LogP contribution >= 0.6 is 0 Å². The quantitative estimate of drug-likeness (QED) is 0.675. The predicted molar refractivity (Wildman–Crippen MR) is 110 cm³/mol. The lowest BCUT2D eigenvalue weighted by Crippen LogP contribution is -2.33. The average molecular weight is 395 g/mol. The van der Waals surface area contributed by atoms with Crippen LogP contribution in [0.15, 0.2) is 16.5 Å². The number of hydrogen-bond acceptors (Lipinski definition) is 6. The Labute approximate surface area is 171 Å². The predicted octanol–water partition coefficient (Wildman–Crippen LogP) is 3.67. The van der Waals surface area contributed by atoms with Crippen molar-refractivity contribution in [1.29, 1.82) is 0 Å². The Hall–Kier alpha value is -2.28. The van der Waals surface area contributed by atoms with Crippen molar-refractivity contribution in [2.24, 2.45) is 0 Å². The van der Waals surface area contributed by atoms with Gasteiger partial charge in [0.15, 0.2) is 11.5 Å². The Kier molecular flexibility index (Phi) is 4.65. The van der Waals surface area contributed by atoms with E-state index in [4.69, 9.17) is 14.5 Å². The van der Waals surface area contributed by atoms with Gasteiger partial charge in [0.2, 0.25) is 5.89 Å². The maximum absolute atomic E-state index is 6.02. The Morgan fingerprint density at radius 1 is 1.07 bits per heavy atom. The first kappa shape index (κ1) is 18.7. The standard InChI is InChI=1S/C22H30N6O/c1-22(2,3)18-8-9-19-24-25-21(28(19)26-18)15-10-12-27(13-11-15)14-20-23-16-6-4-5-7-17(16)29-20/h8-9,15H,4-7,10-14H2,1-3H3. The van der Waals surface area contributed by atoms with Crippen molar-refractivity contribution in [3.05, 3.63) is 41.0 Å².